The third-order valence-electron chi connectivity index (χ3n) is 1.96. The van der Waals surface area contributed by atoms with Crippen LogP contribution in [0.5, 0.6) is 0 Å². The summed E-state index contributed by atoms with van der Waals surface area (Å²) in [6.07, 6.45) is -1.57. The molecule has 19 heavy (non-hydrogen) atoms. The molecule has 1 unspecified atom stereocenters. The molecule has 1 atom stereocenters. The lowest BCUT2D eigenvalue weighted by atomic mass is 10.6. The zero-order valence-corrected chi connectivity index (χ0v) is 11.2. The van der Waals surface area contributed by atoms with Crippen molar-refractivity contribution in [2.45, 2.75) is 20.1 Å². The minimum absolute atomic E-state index is 0.0651. The average molecular weight is 280 g/mol. The second-order valence-corrected chi connectivity index (χ2v) is 3.45. The Morgan fingerprint density at radius 3 is 2.58 bits per heavy atom. The highest BCUT2D eigenvalue weighted by atomic mass is 16.8. The lowest BCUT2D eigenvalue weighted by molar-refractivity contribution is -0.173. The normalized spacial score (nSPS) is 11.8. The predicted molar refractivity (Wildman–Crippen MR) is 62.0 cm³/mol. The first-order valence-electron chi connectivity index (χ1n) is 5.71. The molecule has 0 bridgehead atoms. The molecule has 0 aromatic rings. The molecule has 0 heterocycles. The summed E-state index contributed by atoms with van der Waals surface area (Å²) < 4.78 is 14.5. The molecule has 0 radical (unpaired) electrons. The third kappa shape index (κ3) is 9.19. The molecule has 9 nitrogen and oxygen atoms in total. The van der Waals surface area contributed by atoms with E-state index in [1.54, 1.807) is 14.0 Å². The van der Waals surface area contributed by atoms with Gasteiger partial charge in [0.05, 0.1) is 13.2 Å². The average Bonchev–Trinajstić information content (AvgIpc) is 2.37. The predicted octanol–water partition coefficient (Wildman–Crippen LogP) is -0.109. The summed E-state index contributed by atoms with van der Waals surface area (Å²) in [5, 5.41) is 8.07. The van der Waals surface area contributed by atoms with Crippen molar-refractivity contribution in [3.63, 3.8) is 0 Å². The van der Waals surface area contributed by atoms with E-state index >= 15 is 0 Å². The summed E-state index contributed by atoms with van der Waals surface area (Å²) in [6, 6.07) is 0. The Bertz CT molecular complexity index is 275. The zero-order chi connectivity index (χ0) is 14.7. The van der Waals surface area contributed by atoms with Crippen LogP contribution >= 0.6 is 0 Å². The van der Waals surface area contributed by atoms with Crippen LogP contribution in [0.25, 0.3) is 0 Å². The highest BCUT2D eigenvalue weighted by Crippen LogP contribution is 1.99. The standard InChI is InChI=1S/C10H20N2O7/c1-4-12(3)10(14)19-8(2)18-9(13)7-16-5-6-17-11-15/h8,11,15H,4-7H2,1-3H3. The number of amides is 1. The fourth-order valence-electron chi connectivity index (χ4n) is 0.906. The molecule has 0 aromatic heterocycles. The van der Waals surface area contributed by atoms with Gasteiger partial charge in [-0.15, -0.1) is 0 Å². The third-order valence-corrected chi connectivity index (χ3v) is 1.96. The number of carbonyl (C=O) groups is 2. The molecule has 0 aliphatic carbocycles. The fraction of sp³-hybridized carbons (Fsp3) is 0.800. The molecule has 9 heteroatoms. The van der Waals surface area contributed by atoms with Gasteiger partial charge in [0.15, 0.2) is 0 Å². The van der Waals surface area contributed by atoms with Gasteiger partial charge in [0.2, 0.25) is 6.29 Å². The molecule has 0 spiro atoms. The van der Waals surface area contributed by atoms with Crippen LogP contribution in [-0.4, -0.2) is 61.9 Å². The van der Waals surface area contributed by atoms with Gasteiger partial charge >= 0.3 is 12.1 Å². The summed E-state index contributed by atoms with van der Waals surface area (Å²) in [4.78, 5) is 28.3. The van der Waals surface area contributed by atoms with E-state index in [0.29, 0.717) is 6.54 Å². The summed E-state index contributed by atoms with van der Waals surface area (Å²) in [5.74, 6) is -0.670. The molecule has 0 fully saturated rings. The number of hydrogen-bond donors (Lipinski definition) is 2. The molecule has 0 rings (SSSR count). The van der Waals surface area contributed by atoms with E-state index in [0.717, 1.165) is 0 Å². The van der Waals surface area contributed by atoms with Gasteiger partial charge < -0.3 is 19.1 Å². The van der Waals surface area contributed by atoms with Gasteiger partial charge in [0.25, 0.3) is 0 Å². The minimum Gasteiger partial charge on any atom is -0.424 e. The van der Waals surface area contributed by atoms with Crippen molar-refractivity contribution in [3.8, 4) is 0 Å². The summed E-state index contributed by atoms with van der Waals surface area (Å²) in [5.41, 5.74) is 1.47. The highest BCUT2D eigenvalue weighted by Gasteiger charge is 2.16. The van der Waals surface area contributed by atoms with E-state index < -0.39 is 18.4 Å². The van der Waals surface area contributed by atoms with Crippen LogP contribution in [0.3, 0.4) is 0 Å². The smallest absolute Gasteiger partial charge is 0.412 e. The Kier molecular flexibility index (Phi) is 9.71. The lowest BCUT2D eigenvalue weighted by Gasteiger charge is -2.18. The first-order valence-corrected chi connectivity index (χ1v) is 5.71. The SMILES string of the molecule is CCN(C)C(=O)OC(C)OC(=O)COCCONO. The fourth-order valence-corrected chi connectivity index (χ4v) is 0.906. The van der Waals surface area contributed by atoms with Gasteiger partial charge in [0.1, 0.15) is 6.61 Å². The molecule has 0 aliphatic rings. The van der Waals surface area contributed by atoms with E-state index in [-0.39, 0.29) is 19.8 Å². The van der Waals surface area contributed by atoms with Crippen molar-refractivity contribution in [2.75, 3.05) is 33.4 Å². The van der Waals surface area contributed by atoms with Crippen LogP contribution in [0.2, 0.25) is 0 Å². The van der Waals surface area contributed by atoms with Crippen LogP contribution in [0.4, 0.5) is 4.79 Å². The van der Waals surface area contributed by atoms with E-state index in [1.807, 2.05) is 0 Å². The highest BCUT2D eigenvalue weighted by molar-refractivity contribution is 5.71. The van der Waals surface area contributed by atoms with Crippen molar-refractivity contribution in [2.24, 2.45) is 0 Å². The minimum atomic E-state index is -0.993. The number of nitrogens with one attached hydrogen (secondary N) is 1. The maximum Gasteiger partial charge on any atom is 0.412 e. The molecule has 0 aliphatic heterocycles. The molecular weight excluding hydrogens is 260 g/mol. The molecule has 0 saturated carbocycles. The van der Waals surface area contributed by atoms with Gasteiger partial charge in [-0.05, 0) is 6.92 Å². The summed E-state index contributed by atoms with van der Waals surface area (Å²) in [6.45, 7) is 3.56. The van der Waals surface area contributed by atoms with Gasteiger partial charge in [-0.3, -0.25) is 10.0 Å². The van der Waals surface area contributed by atoms with Crippen molar-refractivity contribution in [3.05, 3.63) is 0 Å². The van der Waals surface area contributed by atoms with Gasteiger partial charge in [-0.1, -0.05) is 5.64 Å². The zero-order valence-electron chi connectivity index (χ0n) is 11.2. The van der Waals surface area contributed by atoms with E-state index in [9.17, 15) is 9.59 Å². The van der Waals surface area contributed by atoms with Crippen molar-refractivity contribution >= 4 is 12.1 Å². The topological polar surface area (TPSA) is 107 Å². The quantitative estimate of drug-likeness (QED) is 0.261. The van der Waals surface area contributed by atoms with Crippen LogP contribution in [-0.2, 0) is 23.8 Å². The monoisotopic (exact) mass is 280 g/mol. The van der Waals surface area contributed by atoms with E-state index in [1.165, 1.54) is 17.5 Å². The number of hydrogen-bond acceptors (Lipinski definition) is 8. The second kappa shape index (κ2) is 10.5. The molecule has 2 N–H and O–H groups in total. The molecule has 1 amide bonds. The Morgan fingerprint density at radius 2 is 2.00 bits per heavy atom. The maximum absolute atomic E-state index is 11.3. The van der Waals surface area contributed by atoms with E-state index in [4.69, 9.17) is 19.4 Å². The molecule has 112 valence electrons. The first-order chi connectivity index (χ1) is 9.01. The van der Waals surface area contributed by atoms with Crippen LogP contribution in [0.15, 0.2) is 0 Å². The largest absolute Gasteiger partial charge is 0.424 e. The number of carbonyl (C=O) groups excluding carboxylic acids is 2. The molecular formula is C10H20N2O7. The Balaban J connectivity index is 3.71. The number of ether oxygens (including phenoxy) is 3. The summed E-state index contributed by atoms with van der Waals surface area (Å²) in [7, 11) is 1.56. The van der Waals surface area contributed by atoms with Gasteiger partial charge in [-0.2, -0.15) is 0 Å². The van der Waals surface area contributed by atoms with Crippen molar-refractivity contribution < 1.29 is 33.8 Å². The Labute approximate surface area is 111 Å². The second-order valence-electron chi connectivity index (χ2n) is 3.45. The number of nitrogens with zero attached hydrogens (tertiary/aromatic N) is 1. The van der Waals surface area contributed by atoms with Crippen LogP contribution < -0.4 is 5.64 Å². The first kappa shape index (κ1) is 17.6. The Hall–Kier alpha value is -1.42. The van der Waals surface area contributed by atoms with Crippen molar-refractivity contribution in [1.82, 2.24) is 10.5 Å². The van der Waals surface area contributed by atoms with Crippen LogP contribution in [0, 0.1) is 0 Å². The number of rotatable bonds is 9. The lowest BCUT2D eigenvalue weighted by Crippen LogP contribution is -2.32. The van der Waals surface area contributed by atoms with Gasteiger partial charge in [-0.25, -0.2) is 9.59 Å². The molecule has 0 saturated heterocycles. The van der Waals surface area contributed by atoms with Crippen molar-refractivity contribution in [1.29, 1.82) is 0 Å². The summed E-state index contributed by atoms with van der Waals surface area (Å²) >= 11 is 0. The van der Waals surface area contributed by atoms with Crippen LogP contribution in [0.1, 0.15) is 13.8 Å². The Morgan fingerprint density at radius 1 is 1.32 bits per heavy atom. The van der Waals surface area contributed by atoms with E-state index in [2.05, 4.69) is 4.84 Å². The maximum atomic E-state index is 11.3. The number of esters is 1. The van der Waals surface area contributed by atoms with Gasteiger partial charge in [0, 0.05) is 20.5 Å². The molecule has 0 aromatic carbocycles.